The highest BCUT2D eigenvalue weighted by Crippen LogP contribution is 2.28. The Hall–Kier alpha value is -2.28. The van der Waals surface area contributed by atoms with Gasteiger partial charge in [-0.25, -0.2) is 4.98 Å². The third kappa shape index (κ3) is 2.21. The van der Waals surface area contributed by atoms with Crippen LogP contribution in [0.15, 0.2) is 30.6 Å². The number of imidazole rings is 1. The van der Waals surface area contributed by atoms with Gasteiger partial charge in [-0.2, -0.15) is 5.26 Å². The highest BCUT2D eigenvalue weighted by Gasteiger charge is 2.15. The van der Waals surface area contributed by atoms with Crippen molar-refractivity contribution in [2.75, 3.05) is 5.73 Å². The fraction of sp³-hybridized carbons (Fsp3) is 0.286. The van der Waals surface area contributed by atoms with Gasteiger partial charge in [-0.05, 0) is 12.0 Å². The summed E-state index contributed by atoms with van der Waals surface area (Å²) < 4.78 is 1.99. The summed E-state index contributed by atoms with van der Waals surface area (Å²) in [7, 11) is 0. The number of nitrogens with two attached hydrogens (primary N) is 1. The van der Waals surface area contributed by atoms with Gasteiger partial charge in [0, 0.05) is 17.8 Å². The van der Waals surface area contributed by atoms with Gasteiger partial charge in [0.2, 0.25) is 0 Å². The number of anilines is 1. The van der Waals surface area contributed by atoms with Crippen LogP contribution < -0.4 is 5.73 Å². The lowest BCUT2D eigenvalue weighted by atomic mass is 10.1. The fourth-order valence-electron chi connectivity index (χ4n) is 1.99. The van der Waals surface area contributed by atoms with Crippen molar-refractivity contribution in [3.05, 3.63) is 36.3 Å². The van der Waals surface area contributed by atoms with Gasteiger partial charge in [-0.15, -0.1) is 0 Å². The molecule has 1 heterocycles. The zero-order valence-corrected chi connectivity index (χ0v) is 10.6. The molecule has 0 saturated carbocycles. The predicted octanol–water partition coefficient (Wildman–Crippen LogP) is 2.66. The first-order chi connectivity index (χ1) is 8.63. The van der Waals surface area contributed by atoms with Crippen LogP contribution in [0.25, 0.3) is 11.3 Å². The van der Waals surface area contributed by atoms with Gasteiger partial charge in [0.1, 0.15) is 6.07 Å². The van der Waals surface area contributed by atoms with Crippen LogP contribution in [-0.2, 0) is 6.54 Å². The van der Waals surface area contributed by atoms with E-state index in [1.165, 1.54) is 0 Å². The first-order valence-corrected chi connectivity index (χ1v) is 5.93. The lowest BCUT2D eigenvalue weighted by Crippen LogP contribution is -2.06. The Morgan fingerprint density at radius 2 is 2.11 bits per heavy atom. The van der Waals surface area contributed by atoms with Crippen LogP contribution in [0.5, 0.6) is 0 Å². The molecule has 0 atom stereocenters. The van der Waals surface area contributed by atoms with E-state index in [2.05, 4.69) is 24.9 Å². The first kappa shape index (κ1) is 12.2. The first-order valence-electron chi connectivity index (χ1n) is 5.93. The average Bonchev–Trinajstić information content (AvgIpc) is 2.72. The van der Waals surface area contributed by atoms with Crippen molar-refractivity contribution in [1.29, 1.82) is 5.26 Å². The van der Waals surface area contributed by atoms with Crippen molar-refractivity contribution in [3.63, 3.8) is 0 Å². The summed E-state index contributed by atoms with van der Waals surface area (Å²) in [6, 6.07) is 9.68. The molecule has 2 aromatic rings. The molecule has 18 heavy (non-hydrogen) atoms. The fourth-order valence-corrected chi connectivity index (χ4v) is 1.99. The molecule has 4 nitrogen and oxygen atoms in total. The van der Waals surface area contributed by atoms with Crippen LogP contribution in [-0.4, -0.2) is 9.55 Å². The monoisotopic (exact) mass is 240 g/mol. The number of nitriles is 1. The van der Waals surface area contributed by atoms with Crippen molar-refractivity contribution in [3.8, 4) is 17.3 Å². The number of nitrogens with zero attached hydrogens (tertiary/aromatic N) is 3. The summed E-state index contributed by atoms with van der Waals surface area (Å²) in [6.07, 6.45) is 1.71. The topological polar surface area (TPSA) is 67.6 Å². The molecule has 2 N–H and O–H groups in total. The summed E-state index contributed by atoms with van der Waals surface area (Å²) in [5, 5.41) is 9.15. The van der Waals surface area contributed by atoms with Gasteiger partial charge >= 0.3 is 0 Å². The molecule has 0 amide bonds. The molecule has 0 saturated heterocycles. The van der Waals surface area contributed by atoms with E-state index < -0.39 is 0 Å². The summed E-state index contributed by atoms with van der Waals surface area (Å²) in [4.78, 5) is 4.15. The van der Waals surface area contributed by atoms with E-state index in [-0.39, 0.29) is 0 Å². The maximum atomic E-state index is 9.15. The van der Waals surface area contributed by atoms with Crippen molar-refractivity contribution in [2.24, 2.45) is 5.92 Å². The Morgan fingerprint density at radius 1 is 1.39 bits per heavy atom. The van der Waals surface area contributed by atoms with Crippen LogP contribution in [0.1, 0.15) is 19.5 Å². The van der Waals surface area contributed by atoms with Gasteiger partial charge in [-0.3, -0.25) is 0 Å². The maximum Gasteiger partial charge on any atom is 0.166 e. The molecule has 0 fully saturated rings. The quantitative estimate of drug-likeness (QED) is 0.838. The normalized spacial score (nSPS) is 10.6. The second-order valence-corrected chi connectivity index (χ2v) is 4.69. The number of benzene rings is 1. The zero-order valence-electron chi connectivity index (χ0n) is 10.6. The van der Waals surface area contributed by atoms with Crippen molar-refractivity contribution in [2.45, 2.75) is 20.4 Å². The van der Waals surface area contributed by atoms with Gasteiger partial charge in [0.15, 0.2) is 5.69 Å². The summed E-state index contributed by atoms with van der Waals surface area (Å²) in [6.45, 7) is 5.08. The van der Waals surface area contributed by atoms with E-state index in [4.69, 9.17) is 11.0 Å². The molecule has 0 aliphatic carbocycles. The van der Waals surface area contributed by atoms with Crippen LogP contribution in [0, 0.1) is 17.2 Å². The van der Waals surface area contributed by atoms with Crippen molar-refractivity contribution < 1.29 is 0 Å². The molecule has 0 spiro atoms. The number of rotatable bonds is 3. The van der Waals surface area contributed by atoms with Gasteiger partial charge in [0.05, 0.1) is 12.0 Å². The minimum absolute atomic E-state index is 0.425. The van der Waals surface area contributed by atoms with Crippen LogP contribution in [0.4, 0.5) is 5.69 Å². The van der Waals surface area contributed by atoms with E-state index in [1.807, 2.05) is 28.8 Å². The molecule has 0 radical (unpaired) electrons. The summed E-state index contributed by atoms with van der Waals surface area (Å²) >= 11 is 0. The van der Waals surface area contributed by atoms with Gasteiger partial charge < -0.3 is 10.3 Å². The Labute approximate surface area is 107 Å². The molecule has 1 aromatic heterocycles. The van der Waals surface area contributed by atoms with E-state index in [1.54, 1.807) is 6.33 Å². The Morgan fingerprint density at radius 3 is 2.72 bits per heavy atom. The number of aromatic nitrogens is 2. The van der Waals surface area contributed by atoms with E-state index in [0.29, 0.717) is 17.3 Å². The van der Waals surface area contributed by atoms with E-state index >= 15 is 0 Å². The number of hydrogen-bond donors (Lipinski definition) is 1. The molecule has 4 heteroatoms. The van der Waals surface area contributed by atoms with Crippen molar-refractivity contribution in [1.82, 2.24) is 9.55 Å². The molecule has 2 rings (SSSR count). The largest absolute Gasteiger partial charge is 0.398 e. The van der Waals surface area contributed by atoms with Crippen LogP contribution in [0.3, 0.4) is 0 Å². The molecule has 0 unspecified atom stereocenters. The minimum Gasteiger partial charge on any atom is -0.398 e. The molecule has 1 aromatic carbocycles. The number of nitrogen functional groups attached to an aromatic ring is 1. The van der Waals surface area contributed by atoms with Crippen LogP contribution >= 0.6 is 0 Å². The summed E-state index contributed by atoms with van der Waals surface area (Å²) in [5.41, 5.74) is 8.75. The second-order valence-electron chi connectivity index (χ2n) is 4.69. The lowest BCUT2D eigenvalue weighted by molar-refractivity contribution is 0.526. The third-order valence-corrected chi connectivity index (χ3v) is 2.72. The number of para-hydroxylation sites is 1. The Bertz CT molecular complexity index is 590. The molecule has 0 aliphatic heterocycles. The zero-order chi connectivity index (χ0) is 13.1. The molecular weight excluding hydrogens is 224 g/mol. The lowest BCUT2D eigenvalue weighted by Gasteiger charge is -2.12. The molecule has 92 valence electrons. The SMILES string of the molecule is CC(C)Cn1cnc(C#N)c1-c1ccccc1N. The smallest absolute Gasteiger partial charge is 0.166 e. The van der Waals surface area contributed by atoms with Crippen molar-refractivity contribution >= 4 is 5.69 Å². The maximum absolute atomic E-state index is 9.15. The predicted molar refractivity (Wildman–Crippen MR) is 71.6 cm³/mol. The average molecular weight is 240 g/mol. The van der Waals surface area contributed by atoms with Gasteiger partial charge in [-0.1, -0.05) is 32.0 Å². The molecule has 0 bridgehead atoms. The Balaban J connectivity index is 2.58. The minimum atomic E-state index is 0.425. The second kappa shape index (κ2) is 4.92. The molecular formula is C14H16N4. The highest BCUT2D eigenvalue weighted by atomic mass is 15.1. The van der Waals surface area contributed by atoms with E-state index in [9.17, 15) is 0 Å². The molecule has 0 aliphatic rings. The third-order valence-electron chi connectivity index (χ3n) is 2.72. The highest BCUT2D eigenvalue weighted by molar-refractivity contribution is 5.77. The standard InChI is InChI=1S/C14H16N4/c1-10(2)8-18-9-17-13(7-15)14(18)11-5-3-4-6-12(11)16/h3-6,9-10H,8,16H2,1-2H3. The number of hydrogen-bond acceptors (Lipinski definition) is 3. The summed E-state index contributed by atoms with van der Waals surface area (Å²) in [5.74, 6) is 0.481. The van der Waals surface area contributed by atoms with E-state index in [0.717, 1.165) is 17.8 Å². The van der Waals surface area contributed by atoms with Crippen LogP contribution in [0.2, 0.25) is 0 Å². The Kier molecular flexibility index (Phi) is 3.33. The van der Waals surface area contributed by atoms with Gasteiger partial charge in [0.25, 0.3) is 0 Å².